The van der Waals surface area contributed by atoms with Gasteiger partial charge in [-0.15, -0.1) is 0 Å². The van der Waals surface area contributed by atoms with Gasteiger partial charge >= 0.3 is 6.09 Å². The van der Waals surface area contributed by atoms with E-state index in [0.717, 1.165) is 56.8 Å². The van der Waals surface area contributed by atoms with Crippen molar-refractivity contribution in [2.75, 3.05) is 46.4 Å². The Kier molecular flexibility index (Phi) is 7.93. The van der Waals surface area contributed by atoms with Gasteiger partial charge in [-0.2, -0.15) is 0 Å². The van der Waals surface area contributed by atoms with Gasteiger partial charge in [-0.3, -0.25) is 4.79 Å². The monoisotopic (exact) mass is 520 g/mol. The van der Waals surface area contributed by atoms with Crippen LogP contribution < -0.4 is 0 Å². The third kappa shape index (κ3) is 5.68. The minimum Gasteiger partial charge on any atom is -0.585 e. The Morgan fingerprint density at radius 2 is 1.68 bits per heavy atom. The van der Waals surface area contributed by atoms with Gasteiger partial charge in [0.05, 0.1) is 11.5 Å². The first kappa shape index (κ1) is 26.5. The molecule has 0 radical (unpaired) electrons. The zero-order chi connectivity index (χ0) is 26.7. The molecule has 3 aliphatic heterocycles. The normalized spacial score (nSPS) is 23.4. The summed E-state index contributed by atoms with van der Waals surface area (Å²) < 4.78 is 9.73. The fourth-order valence-corrected chi connectivity index (χ4v) is 6.53. The van der Waals surface area contributed by atoms with Crippen molar-refractivity contribution in [3.05, 3.63) is 65.7 Å². The van der Waals surface area contributed by atoms with Gasteiger partial charge in [0.15, 0.2) is 7.11 Å². The van der Waals surface area contributed by atoms with E-state index in [-0.39, 0.29) is 17.6 Å². The first-order valence-corrected chi connectivity index (χ1v) is 14.1. The molecule has 7 nitrogen and oxygen atoms in total. The van der Waals surface area contributed by atoms with E-state index in [9.17, 15) is 9.59 Å². The van der Waals surface area contributed by atoms with E-state index in [1.807, 2.05) is 41.8 Å². The number of likely N-dealkylation sites (tertiary alicyclic amines) is 3. The van der Waals surface area contributed by atoms with Crippen LogP contribution in [-0.4, -0.2) is 83.9 Å². The number of benzene rings is 2. The van der Waals surface area contributed by atoms with Crippen LogP contribution in [0.1, 0.15) is 50.2 Å². The number of nitrogens with zero attached hydrogens (tertiary/aromatic N) is 3. The highest BCUT2D eigenvalue weighted by atomic mass is 16.6. The van der Waals surface area contributed by atoms with Gasteiger partial charge < -0.3 is 24.2 Å². The lowest BCUT2D eigenvalue weighted by Crippen LogP contribution is -2.46. The summed E-state index contributed by atoms with van der Waals surface area (Å²) in [5.74, 6) is 1.93. The van der Waals surface area contributed by atoms with E-state index < -0.39 is 0 Å². The van der Waals surface area contributed by atoms with Crippen LogP contribution in [0.2, 0.25) is 0 Å². The third-order valence-electron chi connectivity index (χ3n) is 8.74. The number of carbonyl (C=O) groups excluding carboxylic acids is 2. The van der Waals surface area contributed by atoms with Gasteiger partial charge in [0, 0.05) is 50.8 Å². The standard InChI is InChI=1S/C31H41N3O4/c1-23(2)38-30(36)34-21-26(28(22-34)25-7-5-4-6-8-25)20-32-16-13-31(14-17-32)15-18-33(29(31)35)19-24-9-11-27(37-3)12-10-24/h4-12,23,26,28H,13-22H2,1-3H3/p+1/t26-,28+/m0/s1. The second kappa shape index (κ2) is 11.4. The van der Waals surface area contributed by atoms with Crippen LogP contribution in [0.3, 0.4) is 0 Å². The topological polar surface area (TPSA) is 65.9 Å². The van der Waals surface area contributed by atoms with Gasteiger partial charge in [-0.25, -0.2) is 4.79 Å². The predicted molar refractivity (Wildman–Crippen MR) is 148 cm³/mol. The number of aromatic hydroxyl groups is 1. The van der Waals surface area contributed by atoms with Crippen molar-refractivity contribution < 1.29 is 19.1 Å². The largest absolute Gasteiger partial charge is 0.585 e. The Hall–Kier alpha value is -3.06. The Bertz CT molecular complexity index is 1100. The number of hydrogen-bond donors (Lipinski definition) is 0. The molecular formula is C31H42N3O4+. The smallest absolute Gasteiger partial charge is 0.410 e. The average molecular weight is 521 g/mol. The highest BCUT2D eigenvalue weighted by Gasteiger charge is 2.48. The number of aliphatic hydroxyl groups is 1. The summed E-state index contributed by atoms with van der Waals surface area (Å²) in [4.78, 5) is 32.7. The van der Waals surface area contributed by atoms with E-state index in [1.165, 1.54) is 5.56 Å². The summed E-state index contributed by atoms with van der Waals surface area (Å²) in [6.07, 6.45) is 2.45. The van der Waals surface area contributed by atoms with Gasteiger partial charge in [0.2, 0.25) is 5.91 Å². The summed E-state index contributed by atoms with van der Waals surface area (Å²) in [7, 11) is 1.79. The van der Waals surface area contributed by atoms with Crippen LogP contribution in [0.4, 0.5) is 4.79 Å². The van der Waals surface area contributed by atoms with E-state index >= 15 is 0 Å². The van der Waals surface area contributed by atoms with Gasteiger partial charge in [0.1, 0.15) is 0 Å². The van der Waals surface area contributed by atoms with Crippen LogP contribution in [-0.2, 0) is 16.1 Å². The maximum Gasteiger partial charge on any atom is 0.410 e. The van der Waals surface area contributed by atoms with Gasteiger partial charge in [-0.1, -0.05) is 30.3 Å². The molecule has 0 aliphatic carbocycles. The van der Waals surface area contributed by atoms with Crippen LogP contribution in [0.25, 0.3) is 0 Å². The molecule has 1 N–H and O–H groups in total. The van der Waals surface area contributed by atoms with E-state index in [1.54, 1.807) is 7.11 Å². The molecule has 3 heterocycles. The number of hydrogen-bond acceptors (Lipinski definition) is 4. The second-order valence-electron chi connectivity index (χ2n) is 11.6. The van der Waals surface area contributed by atoms with E-state index in [0.29, 0.717) is 37.4 Å². The Morgan fingerprint density at radius 3 is 2.34 bits per heavy atom. The zero-order valence-electron chi connectivity index (χ0n) is 23.0. The number of rotatable bonds is 7. The van der Waals surface area contributed by atoms with Crippen LogP contribution in [0.5, 0.6) is 5.75 Å². The molecule has 7 heteroatoms. The SMILES string of the molecule is C[OH+]c1ccc(CN2CCC3(CCN(C[C@H]4CN(C(=O)OC(C)C)C[C@@H]4c4ccccc4)CC3)C2=O)cc1. The van der Waals surface area contributed by atoms with Crippen LogP contribution in [0.15, 0.2) is 54.6 Å². The Balaban J connectivity index is 1.19. The van der Waals surface area contributed by atoms with Crippen molar-refractivity contribution in [1.29, 1.82) is 0 Å². The summed E-state index contributed by atoms with van der Waals surface area (Å²) in [6.45, 7) is 9.51. The minimum absolute atomic E-state index is 0.121. The number of piperidine rings is 1. The molecule has 0 bridgehead atoms. The van der Waals surface area contributed by atoms with Crippen molar-refractivity contribution >= 4 is 12.0 Å². The lowest BCUT2D eigenvalue weighted by Gasteiger charge is -2.39. The summed E-state index contributed by atoms with van der Waals surface area (Å²) in [5, 5.41) is 0. The van der Waals surface area contributed by atoms with Crippen molar-refractivity contribution in [1.82, 2.24) is 14.7 Å². The summed E-state index contributed by atoms with van der Waals surface area (Å²) in [5.41, 5.74) is 2.23. The van der Waals surface area contributed by atoms with Crippen molar-refractivity contribution in [3.63, 3.8) is 0 Å². The van der Waals surface area contributed by atoms with Gasteiger partial charge in [-0.05, 0) is 75.4 Å². The minimum atomic E-state index is -0.212. The Morgan fingerprint density at radius 1 is 1.00 bits per heavy atom. The molecule has 3 aliphatic rings. The number of ether oxygens (including phenoxy) is 2. The molecule has 38 heavy (non-hydrogen) atoms. The number of carbonyl (C=O) groups is 2. The molecule has 2 amide bonds. The molecule has 3 saturated heterocycles. The Labute approximate surface area is 226 Å². The fraction of sp³-hybridized carbons (Fsp3) is 0.548. The van der Waals surface area contributed by atoms with E-state index in [2.05, 4.69) is 46.0 Å². The lowest BCUT2D eigenvalue weighted by molar-refractivity contribution is -0.139. The van der Waals surface area contributed by atoms with Crippen molar-refractivity contribution in [2.45, 2.75) is 51.7 Å². The number of amides is 2. The molecule has 2 aromatic rings. The molecule has 0 aromatic heterocycles. The first-order valence-electron chi connectivity index (χ1n) is 14.1. The molecule has 0 saturated carbocycles. The lowest BCUT2D eigenvalue weighted by atomic mass is 9.76. The van der Waals surface area contributed by atoms with Crippen molar-refractivity contribution in [3.8, 4) is 5.75 Å². The first-order chi connectivity index (χ1) is 18.4. The summed E-state index contributed by atoms with van der Waals surface area (Å²) in [6, 6.07) is 18.7. The van der Waals surface area contributed by atoms with Gasteiger partial charge in [0.25, 0.3) is 5.75 Å². The molecule has 204 valence electrons. The molecule has 1 spiro atoms. The second-order valence-corrected chi connectivity index (χ2v) is 11.6. The molecule has 2 atom stereocenters. The average Bonchev–Trinajstić information content (AvgIpc) is 3.48. The summed E-state index contributed by atoms with van der Waals surface area (Å²) >= 11 is 0. The highest BCUT2D eigenvalue weighted by molar-refractivity contribution is 5.85. The fourth-order valence-electron chi connectivity index (χ4n) is 6.53. The maximum absolute atomic E-state index is 13.5. The van der Waals surface area contributed by atoms with Crippen molar-refractivity contribution in [2.24, 2.45) is 11.3 Å². The maximum atomic E-state index is 13.5. The molecule has 5 rings (SSSR count). The highest BCUT2D eigenvalue weighted by Crippen LogP contribution is 2.43. The van der Waals surface area contributed by atoms with Crippen LogP contribution >= 0.6 is 0 Å². The predicted octanol–water partition coefficient (Wildman–Crippen LogP) is 4.63. The van der Waals surface area contributed by atoms with E-state index in [4.69, 9.17) is 4.74 Å². The zero-order valence-corrected chi connectivity index (χ0v) is 23.0. The van der Waals surface area contributed by atoms with Crippen LogP contribution in [0, 0.1) is 11.3 Å². The quantitative estimate of drug-likeness (QED) is 0.499. The molecule has 2 aromatic carbocycles. The molecular weight excluding hydrogens is 478 g/mol. The third-order valence-corrected chi connectivity index (χ3v) is 8.74. The molecule has 3 fully saturated rings. The molecule has 0 unspecified atom stereocenters.